The van der Waals surface area contributed by atoms with E-state index in [9.17, 15) is 22.0 Å². The highest BCUT2D eigenvalue weighted by molar-refractivity contribution is 5.85. The molecule has 1 aromatic carbocycles. The topological polar surface area (TPSA) is 15.3 Å². The van der Waals surface area contributed by atoms with Gasteiger partial charge in [-0.15, -0.1) is 12.4 Å². The summed E-state index contributed by atoms with van der Waals surface area (Å²) in [5.41, 5.74) is -0.765. The van der Waals surface area contributed by atoms with Gasteiger partial charge in [0.15, 0.2) is 23.3 Å². The summed E-state index contributed by atoms with van der Waals surface area (Å²) in [4.78, 5) is 1.68. The van der Waals surface area contributed by atoms with E-state index in [0.717, 1.165) is 0 Å². The maximum absolute atomic E-state index is 13.6. The Morgan fingerprint density at radius 3 is 1.70 bits per heavy atom. The summed E-state index contributed by atoms with van der Waals surface area (Å²) in [7, 11) is 0. The van der Waals surface area contributed by atoms with Gasteiger partial charge in [0.05, 0.1) is 0 Å². The molecule has 114 valence electrons. The number of hydrogen-bond donors (Lipinski definition) is 1. The Hall–Kier alpha value is -0.920. The predicted octanol–water partition coefficient (Wildman–Crippen LogP) is 2.77. The second kappa shape index (κ2) is 6.69. The van der Waals surface area contributed by atoms with Gasteiger partial charge < -0.3 is 5.32 Å². The van der Waals surface area contributed by atoms with Crippen LogP contribution in [0.3, 0.4) is 0 Å². The molecule has 0 radical (unpaired) electrons. The van der Waals surface area contributed by atoms with Gasteiger partial charge in [-0.25, -0.2) is 22.0 Å². The molecule has 0 spiro atoms. The third kappa shape index (κ3) is 2.89. The fourth-order valence-corrected chi connectivity index (χ4v) is 2.24. The first-order valence-electron chi connectivity index (χ1n) is 5.91. The molecule has 1 aliphatic heterocycles. The van der Waals surface area contributed by atoms with Crippen LogP contribution < -0.4 is 5.32 Å². The lowest BCUT2D eigenvalue weighted by Crippen LogP contribution is -2.45. The van der Waals surface area contributed by atoms with Crippen LogP contribution in [-0.2, 0) is 0 Å². The second-order valence-electron chi connectivity index (χ2n) is 4.45. The highest BCUT2D eigenvalue weighted by Crippen LogP contribution is 2.30. The number of halogens is 6. The van der Waals surface area contributed by atoms with Gasteiger partial charge in [0, 0.05) is 37.8 Å². The van der Waals surface area contributed by atoms with Crippen LogP contribution >= 0.6 is 12.4 Å². The SMILES string of the molecule is C[C@H](c1c(F)c(F)c(F)c(F)c1F)N1CCNCC1.Cl. The summed E-state index contributed by atoms with van der Waals surface area (Å²) in [5.74, 6) is -9.40. The Morgan fingerprint density at radius 1 is 0.850 bits per heavy atom. The van der Waals surface area contributed by atoms with Crippen molar-refractivity contribution < 1.29 is 22.0 Å². The largest absolute Gasteiger partial charge is 0.314 e. The molecular weight excluding hydrogens is 303 g/mol. The van der Waals surface area contributed by atoms with Crippen LogP contribution in [0, 0.1) is 29.1 Å². The highest BCUT2D eigenvalue weighted by atomic mass is 35.5. The van der Waals surface area contributed by atoms with Gasteiger partial charge in [0.25, 0.3) is 0 Å². The summed E-state index contributed by atoms with van der Waals surface area (Å²) in [6.07, 6.45) is 0. The lowest BCUT2D eigenvalue weighted by Gasteiger charge is -2.33. The molecule has 0 unspecified atom stereocenters. The maximum Gasteiger partial charge on any atom is 0.200 e. The zero-order valence-electron chi connectivity index (χ0n) is 10.7. The van der Waals surface area contributed by atoms with Crippen molar-refractivity contribution in [2.24, 2.45) is 0 Å². The van der Waals surface area contributed by atoms with Crippen LogP contribution in [0.25, 0.3) is 0 Å². The van der Waals surface area contributed by atoms with E-state index in [1.807, 2.05) is 0 Å². The molecular formula is C12H14ClF5N2. The molecule has 0 bridgehead atoms. The molecule has 2 nitrogen and oxygen atoms in total. The molecule has 0 saturated carbocycles. The molecule has 1 aliphatic rings. The molecule has 1 N–H and O–H groups in total. The Balaban J connectivity index is 0.00000200. The van der Waals surface area contributed by atoms with Crippen molar-refractivity contribution in [3.63, 3.8) is 0 Å². The van der Waals surface area contributed by atoms with Gasteiger partial charge in [-0.05, 0) is 6.92 Å². The normalized spacial score (nSPS) is 17.7. The quantitative estimate of drug-likeness (QED) is 0.513. The first kappa shape index (κ1) is 17.1. The fourth-order valence-electron chi connectivity index (χ4n) is 2.24. The van der Waals surface area contributed by atoms with E-state index in [-0.39, 0.29) is 12.4 Å². The molecule has 0 aromatic heterocycles. The number of nitrogens with zero attached hydrogens (tertiary/aromatic N) is 1. The molecule has 1 aromatic rings. The van der Waals surface area contributed by atoms with Crippen molar-refractivity contribution in [2.75, 3.05) is 26.2 Å². The van der Waals surface area contributed by atoms with Crippen LogP contribution in [0.4, 0.5) is 22.0 Å². The summed E-state index contributed by atoms with van der Waals surface area (Å²) >= 11 is 0. The van der Waals surface area contributed by atoms with E-state index >= 15 is 0 Å². The Labute approximate surface area is 119 Å². The van der Waals surface area contributed by atoms with Gasteiger partial charge in [0.2, 0.25) is 5.82 Å². The third-order valence-electron chi connectivity index (χ3n) is 3.36. The predicted molar refractivity (Wildman–Crippen MR) is 66.3 cm³/mol. The summed E-state index contributed by atoms with van der Waals surface area (Å²) in [6, 6.07) is -0.869. The van der Waals surface area contributed by atoms with Crippen molar-refractivity contribution in [3.05, 3.63) is 34.6 Å². The van der Waals surface area contributed by atoms with Crippen molar-refractivity contribution in [3.8, 4) is 0 Å². The van der Waals surface area contributed by atoms with Crippen molar-refractivity contribution >= 4 is 12.4 Å². The molecule has 8 heteroatoms. The van der Waals surface area contributed by atoms with Crippen LogP contribution in [0.5, 0.6) is 0 Å². The van der Waals surface area contributed by atoms with Crippen molar-refractivity contribution in [1.29, 1.82) is 0 Å². The first-order chi connectivity index (χ1) is 8.95. The molecule has 2 rings (SSSR count). The Morgan fingerprint density at radius 2 is 1.25 bits per heavy atom. The van der Waals surface area contributed by atoms with Crippen LogP contribution in [0.2, 0.25) is 0 Å². The minimum atomic E-state index is -2.12. The summed E-state index contributed by atoms with van der Waals surface area (Å²) in [6.45, 7) is 3.63. The van der Waals surface area contributed by atoms with Gasteiger partial charge in [-0.1, -0.05) is 0 Å². The number of nitrogens with one attached hydrogen (secondary N) is 1. The molecule has 1 heterocycles. The van der Waals surface area contributed by atoms with Crippen LogP contribution in [0.15, 0.2) is 0 Å². The molecule has 20 heavy (non-hydrogen) atoms. The fraction of sp³-hybridized carbons (Fsp3) is 0.500. The summed E-state index contributed by atoms with van der Waals surface area (Å²) < 4.78 is 66.5. The van der Waals surface area contributed by atoms with Crippen molar-refractivity contribution in [1.82, 2.24) is 10.2 Å². The minimum Gasteiger partial charge on any atom is -0.314 e. The monoisotopic (exact) mass is 316 g/mol. The lowest BCUT2D eigenvalue weighted by molar-refractivity contribution is 0.175. The van der Waals surface area contributed by atoms with Crippen molar-refractivity contribution in [2.45, 2.75) is 13.0 Å². The van der Waals surface area contributed by atoms with Gasteiger partial charge in [-0.2, -0.15) is 0 Å². The smallest absolute Gasteiger partial charge is 0.200 e. The second-order valence-corrected chi connectivity index (χ2v) is 4.45. The molecule has 0 amide bonds. The van der Waals surface area contributed by atoms with E-state index in [1.54, 1.807) is 4.90 Å². The zero-order valence-corrected chi connectivity index (χ0v) is 11.5. The highest BCUT2D eigenvalue weighted by Gasteiger charge is 2.31. The number of piperazine rings is 1. The number of hydrogen-bond acceptors (Lipinski definition) is 2. The maximum atomic E-state index is 13.6. The minimum absolute atomic E-state index is 0. The zero-order chi connectivity index (χ0) is 14.2. The standard InChI is InChI=1S/C12H13F5N2.ClH/c1-6(19-4-2-18-3-5-19)7-8(13)10(15)12(17)11(16)9(7)14;/h6,18H,2-5H2,1H3;1H/t6-;/m1./s1. The van der Waals surface area contributed by atoms with Crippen LogP contribution in [0.1, 0.15) is 18.5 Å². The van der Waals surface area contributed by atoms with E-state index < -0.39 is 40.7 Å². The molecule has 0 aliphatic carbocycles. The average Bonchev–Trinajstić information content (AvgIpc) is 2.44. The lowest BCUT2D eigenvalue weighted by atomic mass is 10.0. The number of benzene rings is 1. The van der Waals surface area contributed by atoms with Gasteiger partial charge >= 0.3 is 0 Å². The van der Waals surface area contributed by atoms with Gasteiger partial charge in [-0.3, -0.25) is 4.90 Å². The van der Waals surface area contributed by atoms with E-state index in [4.69, 9.17) is 0 Å². The van der Waals surface area contributed by atoms with Gasteiger partial charge in [0.1, 0.15) is 0 Å². The van der Waals surface area contributed by atoms with E-state index in [1.165, 1.54) is 6.92 Å². The summed E-state index contributed by atoms with van der Waals surface area (Å²) in [5, 5.41) is 3.04. The number of rotatable bonds is 2. The van der Waals surface area contributed by atoms with E-state index in [2.05, 4.69) is 5.32 Å². The van der Waals surface area contributed by atoms with E-state index in [0.29, 0.717) is 26.2 Å². The molecule has 1 fully saturated rings. The van der Waals surface area contributed by atoms with Crippen LogP contribution in [-0.4, -0.2) is 31.1 Å². The Kier molecular flexibility index (Phi) is 5.73. The molecule has 1 saturated heterocycles. The third-order valence-corrected chi connectivity index (χ3v) is 3.36. The Bertz CT molecular complexity index is 462. The first-order valence-corrected chi connectivity index (χ1v) is 5.91. The average molecular weight is 317 g/mol. The molecule has 1 atom stereocenters.